The van der Waals surface area contributed by atoms with Crippen LogP contribution in [0.1, 0.15) is 6.92 Å². The fourth-order valence-electron chi connectivity index (χ4n) is 3.38. The van der Waals surface area contributed by atoms with Crippen LogP contribution in [0.5, 0.6) is 0 Å². The van der Waals surface area contributed by atoms with Gasteiger partial charge in [-0.25, -0.2) is 8.42 Å². The number of carbonyl (C=O) groups is 1. The molecule has 2 aromatic rings. The standard InChI is InChI=1S/C20H25N3O3S/c1-2-23(18-9-5-3-6-10-18)20(24)17-21-13-15-22(16-14-21)27(25,26)19-11-7-4-8-12-19/h3-12H,2,13-17H2,1H3/p+1. The summed E-state index contributed by atoms with van der Waals surface area (Å²) >= 11 is 0. The second-order valence-corrected chi connectivity index (χ2v) is 8.56. The second kappa shape index (κ2) is 8.65. The third-order valence-electron chi connectivity index (χ3n) is 4.90. The first-order chi connectivity index (χ1) is 13.0. The molecule has 3 rings (SSSR count). The summed E-state index contributed by atoms with van der Waals surface area (Å²) in [5, 5.41) is 0. The molecule has 0 atom stereocenters. The van der Waals surface area contributed by atoms with E-state index in [-0.39, 0.29) is 5.91 Å². The van der Waals surface area contributed by atoms with E-state index in [1.807, 2.05) is 37.3 Å². The summed E-state index contributed by atoms with van der Waals surface area (Å²) in [6.45, 7) is 5.07. The molecule has 144 valence electrons. The van der Waals surface area contributed by atoms with Gasteiger partial charge in [0.2, 0.25) is 10.0 Å². The maximum atomic E-state index is 12.7. The van der Waals surface area contributed by atoms with Crippen LogP contribution in [0.2, 0.25) is 0 Å². The maximum Gasteiger partial charge on any atom is 0.282 e. The molecule has 1 heterocycles. The lowest BCUT2D eigenvalue weighted by Gasteiger charge is -2.32. The smallest absolute Gasteiger partial charge is 0.282 e. The van der Waals surface area contributed by atoms with Crippen molar-refractivity contribution < 1.29 is 18.1 Å². The van der Waals surface area contributed by atoms with Crippen LogP contribution in [0.25, 0.3) is 0 Å². The number of likely N-dealkylation sites (N-methyl/N-ethyl adjacent to an activating group) is 1. The van der Waals surface area contributed by atoms with Crippen LogP contribution >= 0.6 is 0 Å². The molecule has 1 amide bonds. The largest absolute Gasteiger partial charge is 0.325 e. The van der Waals surface area contributed by atoms with Gasteiger partial charge >= 0.3 is 0 Å². The third-order valence-corrected chi connectivity index (χ3v) is 6.81. The third kappa shape index (κ3) is 4.55. The number of nitrogens with one attached hydrogen (secondary N) is 1. The van der Waals surface area contributed by atoms with Gasteiger partial charge in [0.05, 0.1) is 31.1 Å². The highest BCUT2D eigenvalue weighted by atomic mass is 32.2. The minimum atomic E-state index is -3.45. The lowest BCUT2D eigenvalue weighted by atomic mass is 10.2. The van der Waals surface area contributed by atoms with Crippen molar-refractivity contribution in [3.63, 3.8) is 0 Å². The van der Waals surface area contributed by atoms with Crippen LogP contribution in [-0.2, 0) is 14.8 Å². The van der Waals surface area contributed by atoms with Gasteiger partial charge < -0.3 is 9.80 Å². The van der Waals surface area contributed by atoms with Gasteiger partial charge in [0, 0.05) is 12.2 Å². The summed E-state index contributed by atoms with van der Waals surface area (Å²) in [6.07, 6.45) is 0. The number of nitrogens with zero attached hydrogens (tertiary/aromatic N) is 2. The minimum Gasteiger partial charge on any atom is -0.325 e. The molecule has 6 nitrogen and oxygen atoms in total. The van der Waals surface area contributed by atoms with Gasteiger partial charge in [0.15, 0.2) is 6.54 Å². The Balaban J connectivity index is 1.59. The Morgan fingerprint density at radius 2 is 1.56 bits per heavy atom. The molecule has 1 aliphatic heterocycles. The van der Waals surface area contributed by atoms with E-state index in [2.05, 4.69) is 0 Å². The molecule has 2 aromatic carbocycles. The van der Waals surface area contributed by atoms with E-state index >= 15 is 0 Å². The van der Waals surface area contributed by atoms with E-state index < -0.39 is 10.0 Å². The molecule has 7 heteroatoms. The number of rotatable bonds is 6. The molecule has 1 N–H and O–H groups in total. The highest BCUT2D eigenvalue weighted by Crippen LogP contribution is 2.15. The topological polar surface area (TPSA) is 62.1 Å². The number of benzene rings is 2. The summed E-state index contributed by atoms with van der Waals surface area (Å²) in [4.78, 5) is 15.9. The number of hydrogen-bond donors (Lipinski definition) is 1. The Morgan fingerprint density at radius 1 is 1.00 bits per heavy atom. The highest BCUT2D eigenvalue weighted by molar-refractivity contribution is 7.89. The van der Waals surface area contributed by atoms with Crippen LogP contribution < -0.4 is 9.80 Å². The van der Waals surface area contributed by atoms with Gasteiger partial charge in [0.25, 0.3) is 5.91 Å². The maximum absolute atomic E-state index is 12.7. The van der Waals surface area contributed by atoms with Crippen molar-refractivity contribution in [1.29, 1.82) is 0 Å². The molecule has 0 aliphatic carbocycles. The van der Waals surface area contributed by atoms with E-state index in [1.165, 1.54) is 4.31 Å². The quantitative estimate of drug-likeness (QED) is 0.790. The number of amides is 1. The normalized spacial score (nSPS) is 16.2. The van der Waals surface area contributed by atoms with Crippen LogP contribution in [0, 0.1) is 0 Å². The Hall–Kier alpha value is -2.22. The molecule has 27 heavy (non-hydrogen) atoms. The molecule has 1 fully saturated rings. The van der Waals surface area contributed by atoms with Crippen LogP contribution in [0.3, 0.4) is 0 Å². The van der Waals surface area contributed by atoms with Crippen molar-refractivity contribution in [2.45, 2.75) is 11.8 Å². The summed E-state index contributed by atoms with van der Waals surface area (Å²) in [7, 11) is -3.45. The summed E-state index contributed by atoms with van der Waals surface area (Å²) < 4.78 is 26.9. The van der Waals surface area contributed by atoms with E-state index in [0.717, 1.165) is 10.6 Å². The summed E-state index contributed by atoms with van der Waals surface area (Å²) in [6, 6.07) is 18.2. The molecule has 0 radical (unpaired) electrons. The van der Waals surface area contributed by atoms with Crippen molar-refractivity contribution in [3.05, 3.63) is 60.7 Å². The fourth-order valence-corrected chi connectivity index (χ4v) is 4.84. The van der Waals surface area contributed by atoms with Crippen LogP contribution in [0.15, 0.2) is 65.6 Å². The molecule has 0 saturated carbocycles. The van der Waals surface area contributed by atoms with Gasteiger partial charge in [-0.2, -0.15) is 4.31 Å². The second-order valence-electron chi connectivity index (χ2n) is 6.62. The minimum absolute atomic E-state index is 0.0677. The molecule has 0 bridgehead atoms. The SMILES string of the molecule is CCN(C(=O)C[NH+]1CCN(S(=O)(=O)c2ccccc2)CC1)c1ccccc1. The van der Waals surface area contributed by atoms with Crippen molar-refractivity contribution in [3.8, 4) is 0 Å². The number of para-hydroxylation sites is 1. The number of sulfonamides is 1. The molecule has 1 aliphatic rings. The Kier molecular flexibility index (Phi) is 6.26. The van der Waals surface area contributed by atoms with Crippen molar-refractivity contribution in [2.75, 3.05) is 44.2 Å². The van der Waals surface area contributed by atoms with Gasteiger partial charge in [0.1, 0.15) is 0 Å². The molecule has 0 spiro atoms. The number of piperazine rings is 1. The zero-order valence-electron chi connectivity index (χ0n) is 15.5. The van der Waals surface area contributed by atoms with Gasteiger partial charge in [-0.1, -0.05) is 36.4 Å². The van der Waals surface area contributed by atoms with Crippen molar-refractivity contribution in [1.82, 2.24) is 4.31 Å². The van der Waals surface area contributed by atoms with Crippen molar-refractivity contribution in [2.24, 2.45) is 0 Å². The predicted octanol–water partition coefficient (Wildman–Crippen LogP) is 0.629. The molecule has 0 aromatic heterocycles. The number of hydrogen-bond acceptors (Lipinski definition) is 3. The number of carbonyl (C=O) groups excluding carboxylic acids is 1. The van der Waals surface area contributed by atoms with E-state index in [9.17, 15) is 13.2 Å². The van der Waals surface area contributed by atoms with E-state index in [1.54, 1.807) is 35.2 Å². The lowest BCUT2D eigenvalue weighted by molar-refractivity contribution is -0.895. The van der Waals surface area contributed by atoms with Crippen molar-refractivity contribution >= 4 is 21.6 Å². The molecule has 0 unspecified atom stereocenters. The summed E-state index contributed by atoms with van der Waals surface area (Å²) in [5.74, 6) is 0.0677. The predicted molar refractivity (Wildman–Crippen MR) is 105 cm³/mol. The van der Waals surface area contributed by atoms with Gasteiger partial charge in [-0.15, -0.1) is 0 Å². The van der Waals surface area contributed by atoms with Crippen LogP contribution in [0.4, 0.5) is 5.69 Å². The Bertz CT molecular complexity index is 849. The highest BCUT2D eigenvalue weighted by Gasteiger charge is 2.31. The molecular weight excluding hydrogens is 362 g/mol. The van der Waals surface area contributed by atoms with Gasteiger partial charge in [-0.3, -0.25) is 4.79 Å². The average Bonchev–Trinajstić information content (AvgIpc) is 2.70. The zero-order valence-corrected chi connectivity index (χ0v) is 16.4. The zero-order chi connectivity index (χ0) is 19.3. The van der Waals surface area contributed by atoms with E-state index in [0.29, 0.717) is 44.2 Å². The Morgan fingerprint density at radius 3 is 2.11 bits per heavy atom. The Labute approximate surface area is 161 Å². The fraction of sp³-hybridized carbons (Fsp3) is 0.350. The summed E-state index contributed by atoms with van der Waals surface area (Å²) in [5.41, 5.74) is 0.898. The van der Waals surface area contributed by atoms with E-state index in [4.69, 9.17) is 0 Å². The van der Waals surface area contributed by atoms with Crippen LogP contribution in [-0.4, -0.2) is 57.9 Å². The number of quaternary nitrogens is 1. The number of anilines is 1. The average molecular weight is 389 g/mol. The lowest BCUT2D eigenvalue weighted by Crippen LogP contribution is -3.15. The molecular formula is C20H26N3O3S+. The first-order valence-electron chi connectivity index (χ1n) is 9.26. The molecule has 1 saturated heterocycles. The first kappa shape index (κ1) is 19.5. The monoisotopic (exact) mass is 388 g/mol. The first-order valence-corrected chi connectivity index (χ1v) is 10.7. The van der Waals surface area contributed by atoms with Gasteiger partial charge in [-0.05, 0) is 31.2 Å².